The Balaban J connectivity index is 1.39. The number of esters is 1. The van der Waals surface area contributed by atoms with Crippen LogP contribution in [0.1, 0.15) is 50.5 Å². The number of hydrogen-bond acceptors (Lipinski definition) is 8. The smallest absolute Gasteiger partial charge is 0.408 e. The van der Waals surface area contributed by atoms with Crippen LogP contribution in [0.25, 0.3) is 22.3 Å². The summed E-state index contributed by atoms with van der Waals surface area (Å²) in [5, 5.41) is 3.28. The Morgan fingerprint density at radius 2 is 1.89 bits per heavy atom. The van der Waals surface area contributed by atoms with Crippen LogP contribution in [0.15, 0.2) is 29.1 Å². The SMILES string of the molecule is Cc1c(C(C)OC(=O)CNC(=O)OC(C)(C)C)cc2n(c1=O)Cc1cc3cc4c(cc3nc1-2)OCO4. The average molecular weight is 494 g/mol. The summed E-state index contributed by atoms with van der Waals surface area (Å²) >= 11 is 0. The molecule has 0 aliphatic carbocycles. The van der Waals surface area contributed by atoms with Gasteiger partial charge < -0.3 is 28.8 Å². The van der Waals surface area contributed by atoms with Crippen LogP contribution in [0.4, 0.5) is 4.79 Å². The molecule has 0 radical (unpaired) electrons. The molecule has 1 unspecified atom stereocenters. The molecule has 0 spiro atoms. The molecule has 0 saturated carbocycles. The number of ether oxygens (including phenoxy) is 4. The number of carbonyl (C=O) groups excluding carboxylic acids is 2. The summed E-state index contributed by atoms with van der Waals surface area (Å²) < 4.78 is 23.3. The molecule has 3 aromatic rings. The molecule has 1 atom stereocenters. The molecule has 2 aliphatic heterocycles. The van der Waals surface area contributed by atoms with Gasteiger partial charge in [-0.25, -0.2) is 9.78 Å². The number of rotatable bonds is 4. The largest absolute Gasteiger partial charge is 0.456 e. The Hall–Kier alpha value is -4.08. The highest BCUT2D eigenvalue weighted by molar-refractivity contribution is 5.87. The van der Waals surface area contributed by atoms with Crippen molar-refractivity contribution in [1.29, 1.82) is 0 Å². The molecule has 1 N–H and O–H groups in total. The lowest BCUT2D eigenvalue weighted by Crippen LogP contribution is -2.36. The van der Waals surface area contributed by atoms with Crippen molar-refractivity contribution >= 4 is 23.0 Å². The molecule has 36 heavy (non-hydrogen) atoms. The predicted octanol–water partition coefficient (Wildman–Crippen LogP) is 3.59. The first kappa shape index (κ1) is 23.7. The molecule has 5 rings (SSSR count). The topological polar surface area (TPSA) is 118 Å². The highest BCUT2D eigenvalue weighted by Gasteiger charge is 2.27. The zero-order chi connectivity index (χ0) is 25.8. The molecule has 4 heterocycles. The molecule has 188 valence electrons. The molecule has 10 heteroatoms. The number of aromatic nitrogens is 2. The van der Waals surface area contributed by atoms with Crippen molar-refractivity contribution in [3.8, 4) is 22.9 Å². The van der Waals surface area contributed by atoms with Gasteiger partial charge in [-0.05, 0) is 52.8 Å². The normalized spacial score (nSPS) is 14.2. The lowest BCUT2D eigenvalue weighted by molar-refractivity contribution is -0.147. The number of fused-ring (bicyclic) bond motifs is 5. The van der Waals surface area contributed by atoms with Crippen LogP contribution in [0.2, 0.25) is 0 Å². The molecular weight excluding hydrogens is 466 g/mol. The Morgan fingerprint density at radius 3 is 2.61 bits per heavy atom. The molecule has 1 aromatic carbocycles. The van der Waals surface area contributed by atoms with Gasteiger partial charge in [-0.3, -0.25) is 9.59 Å². The lowest BCUT2D eigenvalue weighted by Gasteiger charge is -2.20. The first-order valence-corrected chi connectivity index (χ1v) is 11.6. The van der Waals surface area contributed by atoms with E-state index in [0.717, 1.165) is 16.5 Å². The molecule has 0 bridgehead atoms. The molecule has 2 aromatic heterocycles. The number of nitrogens with zero attached hydrogens (tertiary/aromatic N) is 2. The summed E-state index contributed by atoms with van der Waals surface area (Å²) in [7, 11) is 0. The molecule has 0 saturated heterocycles. The quantitative estimate of drug-likeness (QED) is 0.429. The fourth-order valence-corrected chi connectivity index (χ4v) is 4.43. The van der Waals surface area contributed by atoms with Crippen molar-refractivity contribution in [3.63, 3.8) is 0 Å². The summed E-state index contributed by atoms with van der Waals surface area (Å²) in [6.07, 6.45) is -1.42. The second-order valence-electron chi connectivity index (χ2n) is 9.88. The van der Waals surface area contributed by atoms with Crippen molar-refractivity contribution < 1.29 is 28.5 Å². The molecule has 1 amide bonds. The summed E-state index contributed by atoms with van der Waals surface area (Å²) in [6, 6.07) is 7.57. The van der Waals surface area contributed by atoms with Crippen molar-refractivity contribution in [2.75, 3.05) is 13.3 Å². The van der Waals surface area contributed by atoms with E-state index in [1.165, 1.54) is 0 Å². The van der Waals surface area contributed by atoms with E-state index < -0.39 is 23.8 Å². The third-order valence-corrected chi connectivity index (χ3v) is 6.06. The summed E-state index contributed by atoms with van der Waals surface area (Å²) in [5.41, 5.74) is 3.22. The minimum Gasteiger partial charge on any atom is -0.456 e. The fraction of sp³-hybridized carbons (Fsp3) is 0.385. The second kappa shape index (κ2) is 8.54. The highest BCUT2D eigenvalue weighted by atomic mass is 16.7. The number of pyridine rings is 2. The fourth-order valence-electron chi connectivity index (χ4n) is 4.43. The first-order chi connectivity index (χ1) is 17.0. The van der Waals surface area contributed by atoms with Crippen LogP contribution < -0.4 is 20.3 Å². The maximum Gasteiger partial charge on any atom is 0.408 e. The van der Waals surface area contributed by atoms with E-state index >= 15 is 0 Å². The summed E-state index contributed by atoms with van der Waals surface area (Å²) in [6.45, 7) is 8.81. The van der Waals surface area contributed by atoms with Crippen LogP contribution in [-0.2, 0) is 20.8 Å². The van der Waals surface area contributed by atoms with Crippen molar-refractivity contribution in [2.45, 2.75) is 52.9 Å². The Kier molecular flexibility index (Phi) is 5.61. The Bertz CT molecular complexity index is 1470. The van der Waals surface area contributed by atoms with Crippen LogP contribution in [-0.4, -0.2) is 40.6 Å². The first-order valence-electron chi connectivity index (χ1n) is 11.6. The number of benzene rings is 1. The maximum atomic E-state index is 13.2. The minimum atomic E-state index is -0.713. The minimum absolute atomic E-state index is 0.173. The van der Waals surface area contributed by atoms with Gasteiger partial charge in [0.05, 0.1) is 23.4 Å². The van der Waals surface area contributed by atoms with Gasteiger partial charge in [0.2, 0.25) is 6.79 Å². The summed E-state index contributed by atoms with van der Waals surface area (Å²) in [4.78, 5) is 42.2. The van der Waals surface area contributed by atoms with E-state index in [0.29, 0.717) is 40.6 Å². The van der Waals surface area contributed by atoms with E-state index in [1.54, 1.807) is 39.2 Å². The lowest BCUT2D eigenvalue weighted by atomic mass is 10.0. The molecule has 2 aliphatic rings. The molecule has 10 nitrogen and oxygen atoms in total. The monoisotopic (exact) mass is 493 g/mol. The van der Waals surface area contributed by atoms with Gasteiger partial charge in [-0.1, -0.05) is 0 Å². The van der Waals surface area contributed by atoms with Gasteiger partial charge >= 0.3 is 12.1 Å². The van der Waals surface area contributed by atoms with E-state index in [2.05, 4.69) is 5.32 Å². The zero-order valence-corrected chi connectivity index (χ0v) is 20.8. The molecular formula is C26H27N3O7. The van der Waals surface area contributed by atoms with Gasteiger partial charge in [0.25, 0.3) is 5.56 Å². The number of carbonyl (C=O) groups is 2. The van der Waals surface area contributed by atoms with Crippen molar-refractivity contribution in [1.82, 2.24) is 14.9 Å². The van der Waals surface area contributed by atoms with Crippen molar-refractivity contribution in [2.24, 2.45) is 0 Å². The Labute approximate surface area is 207 Å². The van der Waals surface area contributed by atoms with Crippen LogP contribution >= 0.6 is 0 Å². The summed E-state index contributed by atoms with van der Waals surface area (Å²) in [5.74, 6) is 0.663. The highest BCUT2D eigenvalue weighted by Crippen LogP contribution is 2.39. The number of nitrogens with one attached hydrogen (secondary N) is 1. The number of hydrogen-bond donors (Lipinski definition) is 1. The number of alkyl carbamates (subject to hydrolysis) is 1. The zero-order valence-electron chi connectivity index (χ0n) is 20.8. The van der Waals surface area contributed by atoms with Crippen LogP contribution in [0, 0.1) is 6.92 Å². The Morgan fingerprint density at radius 1 is 1.17 bits per heavy atom. The van der Waals surface area contributed by atoms with Gasteiger partial charge in [-0.2, -0.15) is 0 Å². The number of amides is 1. The van der Waals surface area contributed by atoms with E-state index in [9.17, 15) is 14.4 Å². The van der Waals surface area contributed by atoms with Gasteiger partial charge in [-0.15, -0.1) is 0 Å². The third-order valence-electron chi connectivity index (χ3n) is 6.06. The van der Waals surface area contributed by atoms with Crippen LogP contribution in [0.3, 0.4) is 0 Å². The average Bonchev–Trinajstić information content (AvgIpc) is 3.39. The third kappa shape index (κ3) is 4.34. The predicted molar refractivity (Wildman–Crippen MR) is 130 cm³/mol. The van der Waals surface area contributed by atoms with E-state index in [4.69, 9.17) is 23.9 Å². The standard InChI is InChI=1S/C26H27N3O7/c1-13-17(14(2)35-22(30)10-27-25(32)36-26(3,4)5)8-19-23-16(11-29(19)24(13)31)6-15-7-20-21(34-12-33-20)9-18(15)28-23/h6-9,14H,10-12H2,1-5H3,(H,27,32). The maximum absolute atomic E-state index is 13.2. The molecule has 0 fully saturated rings. The van der Waals surface area contributed by atoms with Gasteiger partial charge in [0, 0.05) is 28.1 Å². The van der Waals surface area contributed by atoms with Crippen LogP contribution in [0.5, 0.6) is 11.5 Å². The van der Waals surface area contributed by atoms with Gasteiger partial charge in [0.15, 0.2) is 11.5 Å². The van der Waals surface area contributed by atoms with E-state index in [-0.39, 0.29) is 18.9 Å². The second-order valence-corrected chi connectivity index (χ2v) is 9.88. The van der Waals surface area contributed by atoms with Gasteiger partial charge in [0.1, 0.15) is 18.2 Å². The van der Waals surface area contributed by atoms with E-state index in [1.807, 2.05) is 24.3 Å². The van der Waals surface area contributed by atoms with Crippen molar-refractivity contribution in [3.05, 3.63) is 51.3 Å².